The first kappa shape index (κ1) is 36.4. The summed E-state index contributed by atoms with van der Waals surface area (Å²) in [6, 6.07) is 73.7. The molecule has 0 atom stereocenters. The third-order valence-corrected chi connectivity index (χ3v) is 13.9. The van der Waals surface area contributed by atoms with Crippen LogP contribution in [-0.4, -0.2) is 0 Å². The van der Waals surface area contributed by atoms with Crippen LogP contribution in [0.15, 0.2) is 205 Å². The zero-order valence-corrected chi connectivity index (χ0v) is 35.4. The molecule has 0 saturated heterocycles. The summed E-state index contributed by atoms with van der Waals surface area (Å²) in [6.07, 6.45) is 0. The van der Waals surface area contributed by atoms with Gasteiger partial charge in [-0.25, -0.2) is 0 Å². The Morgan fingerprint density at radius 1 is 0.355 bits per heavy atom. The van der Waals surface area contributed by atoms with E-state index in [-0.39, 0.29) is 10.8 Å². The molecule has 2 nitrogen and oxygen atoms in total. The van der Waals surface area contributed by atoms with E-state index in [4.69, 9.17) is 4.42 Å². The van der Waals surface area contributed by atoms with Crippen molar-refractivity contribution in [2.75, 3.05) is 4.90 Å². The predicted octanol–water partition coefficient (Wildman–Crippen LogP) is 16.7. The van der Waals surface area contributed by atoms with E-state index in [1.807, 2.05) is 0 Å². The molecule has 0 radical (unpaired) electrons. The third-order valence-electron chi connectivity index (χ3n) is 13.9. The molecule has 2 aliphatic rings. The van der Waals surface area contributed by atoms with Gasteiger partial charge in [-0.2, -0.15) is 0 Å². The lowest BCUT2D eigenvalue weighted by Gasteiger charge is -2.32. The highest BCUT2D eigenvalue weighted by Crippen LogP contribution is 2.55. The van der Waals surface area contributed by atoms with E-state index in [1.54, 1.807) is 0 Å². The fourth-order valence-corrected chi connectivity index (χ4v) is 10.9. The van der Waals surface area contributed by atoms with Crippen LogP contribution < -0.4 is 4.90 Å². The SMILES string of the molecule is CC1(C)c2ccccc2-c2ccc(-c3cccc(N(c4ccc5c(c4)C(C)(C)c4ccccc4-5)c4cccc5oc6ccccc6c45)c3-c3ccccc3-c3ccccc3)cc21. The Morgan fingerprint density at radius 2 is 0.887 bits per heavy atom. The monoisotopic (exact) mass is 795 g/mol. The summed E-state index contributed by atoms with van der Waals surface area (Å²) in [7, 11) is 0. The highest BCUT2D eigenvalue weighted by Gasteiger charge is 2.38. The summed E-state index contributed by atoms with van der Waals surface area (Å²) in [5, 5.41) is 2.19. The van der Waals surface area contributed by atoms with Crippen LogP contribution in [-0.2, 0) is 10.8 Å². The molecule has 10 aromatic rings. The first-order valence-corrected chi connectivity index (χ1v) is 21.8. The van der Waals surface area contributed by atoms with Crippen molar-refractivity contribution in [1.29, 1.82) is 0 Å². The van der Waals surface area contributed by atoms with E-state index in [9.17, 15) is 0 Å². The molecule has 2 heteroatoms. The molecule has 1 aromatic heterocycles. The Balaban J connectivity index is 1.18. The van der Waals surface area contributed by atoms with Gasteiger partial charge in [0.25, 0.3) is 0 Å². The third kappa shape index (κ3) is 5.29. The number of fused-ring (bicyclic) bond motifs is 9. The van der Waals surface area contributed by atoms with E-state index in [0.29, 0.717) is 0 Å². The van der Waals surface area contributed by atoms with Gasteiger partial charge in [-0.3, -0.25) is 0 Å². The molecule has 2 aliphatic carbocycles. The number of rotatable bonds is 6. The summed E-state index contributed by atoms with van der Waals surface area (Å²) in [5.74, 6) is 0. The summed E-state index contributed by atoms with van der Waals surface area (Å²) >= 11 is 0. The van der Waals surface area contributed by atoms with Crippen molar-refractivity contribution >= 4 is 39.0 Å². The lowest BCUT2D eigenvalue weighted by atomic mass is 9.80. The van der Waals surface area contributed by atoms with Gasteiger partial charge in [0.1, 0.15) is 11.2 Å². The van der Waals surface area contributed by atoms with Crippen LogP contribution in [0.2, 0.25) is 0 Å². The fourth-order valence-electron chi connectivity index (χ4n) is 10.9. The molecule has 0 N–H and O–H groups in total. The quantitative estimate of drug-likeness (QED) is 0.167. The molecule has 1 heterocycles. The minimum atomic E-state index is -0.179. The van der Waals surface area contributed by atoms with Gasteiger partial charge in [0.05, 0.1) is 16.8 Å². The Hall–Kier alpha value is -7.42. The van der Waals surface area contributed by atoms with E-state index < -0.39 is 0 Å². The molecule has 0 bridgehead atoms. The number of furan rings is 1. The fraction of sp³-hybridized carbons (Fsp3) is 0.100. The second-order valence-corrected chi connectivity index (χ2v) is 18.0. The van der Waals surface area contributed by atoms with Gasteiger partial charge in [0.2, 0.25) is 0 Å². The van der Waals surface area contributed by atoms with Crippen molar-refractivity contribution in [2.24, 2.45) is 0 Å². The smallest absolute Gasteiger partial charge is 0.137 e. The molecule has 0 unspecified atom stereocenters. The van der Waals surface area contributed by atoms with Crippen LogP contribution in [0.3, 0.4) is 0 Å². The second-order valence-electron chi connectivity index (χ2n) is 18.0. The number of nitrogens with zero attached hydrogens (tertiary/aromatic N) is 1. The van der Waals surface area contributed by atoms with Gasteiger partial charge in [-0.05, 0) is 115 Å². The van der Waals surface area contributed by atoms with Crippen molar-refractivity contribution < 1.29 is 4.42 Å². The topological polar surface area (TPSA) is 16.4 Å². The standard InChI is InChI=1S/C60H45NO/c1-59(2)49-26-13-10-21-43(49)45-34-32-39(36-51(45)59)42-25-16-28-53(57(42)47-23-9-8-20-41(47)38-18-6-5-7-19-38)61(54-29-17-31-56-58(54)48-24-12-15-30-55(48)62-56)40-33-35-46-44-22-11-14-27-50(44)60(3,4)52(46)37-40/h5-37H,1-4H3. The highest BCUT2D eigenvalue weighted by molar-refractivity contribution is 6.14. The number of benzene rings is 9. The van der Waals surface area contributed by atoms with Crippen LogP contribution in [0.1, 0.15) is 49.9 Å². The Labute approximate surface area is 363 Å². The summed E-state index contributed by atoms with van der Waals surface area (Å²) in [4.78, 5) is 2.51. The summed E-state index contributed by atoms with van der Waals surface area (Å²) in [6.45, 7) is 9.47. The van der Waals surface area contributed by atoms with Gasteiger partial charge >= 0.3 is 0 Å². The van der Waals surface area contributed by atoms with E-state index in [0.717, 1.165) is 39.0 Å². The summed E-state index contributed by atoms with van der Waals surface area (Å²) < 4.78 is 6.61. The van der Waals surface area contributed by atoms with Crippen molar-refractivity contribution in [3.63, 3.8) is 0 Å². The molecule has 0 saturated carbocycles. The zero-order valence-electron chi connectivity index (χ0n) is 35.4. The number of anilines is 3. The molecule has 0 amide bonds. The van der Waals surface area contributed by atoms with Crippen LogP contribution >= 0.6 is 0 Å². The lowest BCUT2D eigenvalue weighted by Crippen LogP contribution is -2.17. The Bertz CT molecular complexity index is 3420. The van der Waals surface area contributed by atoms with Gasteiger partial charge in [0, 0.05) is 27.5 Å². The van der Waals surface area contributed by atoms with Gasteiger partial charge in [-0.15, -0.1) is 0 Å². The largest absolute Gasteiger partial charge is 0.456 e. The molecule has 9 aromatic carbocycles. The summed E-state index contributed by atoms with van der Waals surface area (Å²) in [5.41, 5.74) is 22.5. The molecule has 12 rings (SSSR count). The molecule has 0 spiro atoms. The maximum absolute atomic E-state index is 6.61. The van der Waals surface area contributed by atoms with Crippen molar-refractivity contribution in [3.8, 4) is 55.6 Å². The Kier molecular flexibility index (Phi) is 7.96. The molecule has 0 fully saturated rings. The second kappa shape index (κ2) is 13.5. The lowest BCUT2D eigenvalue weighted by molar-refractivity contribution is 0.660. The first-order chi connectivity index (χ1) is 30.3. The predicted molar refractivity (Wildman–Crippen MR) is 260 cm³/mol. The Morgan fingerprint density at radius 3 is 1.63 bits per heavy atom. The zero-order chi connectivity index (χ0) is 41.7. The van der Waals surface area contributed by atoms with Crippen molar-refractivity contribution in [3.05, 3.63) is 222 Å². The normalized spacial score (nSPS) is 14.1. The number of hydrogen-bond donors (Lipinski definition) is 0. The van der Waals surface area contributed by atoms with Crippen molar-refractivity contribution in [1.82, 2.24) is 0 Å². The highest BCUT2D eigenvalue weighted by atomic mass is 16.3. The van der Waals surface area contributed by atoms with Gasteiger partial charge in [-0.1, -0.05) is 185 Å². The average molecular weight is 796 g/mol. The van der Waals surface area contributed by atoms with E-state index in [1.165, 1.54) is 77.9 Å². The minimum Gasteiger partial charge on any atom is -0.456 e. The maximum Gasteiger partial charge on any atom is 0.137 e. The molecule has 0 aliphatic heterocycles. The van der Waals surface area contributed by atoms with Crippen LogP contribution in [0.25, 0.3) is 77.6 Å². The van der Waals surface area contributed by atoms with E-state index >= 15 is 0 Å². The molecular weight excluding hydrogens is 751 g/mol. The molecule has 62 heavy (non-hydrogen) atoms. The van der Waals surface area contributed by atoms with Crippen molar-refractivity contribution in [2.45, 2.75) is 38.5 Å². The number of para-hydroxylation sites is 1. The minimum absolute atomic E-state index is 0.138. The number of hydrogen-bond acceptors (Lipinski definition) is 2. The molecule has 296 valence electrons. The average Bonchev–Trinajstić information content (AvgIpc) is 3.89. The van der Waals surface area contributed by atoms with E-state index in [2.05, 4.69) is 233 Å². The maximum atomic E-state index is 6.61. The first-order valence-electron chi connectivity index (χ1n) is 21.8. The van der Waals surface area contributed by atoms with Crippen LogP contribution in [0.4, 0.5) is 17.1 Å². The molecular formula is C60H45NO. The van der Waals surface area contributed by atoms with Crippen LogP contribution in [0, 0.1) is 0 Å². The van der Waals surface area contributed by atoms with Gasteiger partial charge < -0.3 is 9.32 Å². The van der Waals surface area contributed by atoms with Crippen LogP contribution in [0.5, 0.6) is 0 Å². The van der Waals surface area contributed by atoms with Gasteiger partial charge in [0.15, 0.2) is 0 Å².